The quantitative estimate of drug-likeness (QED) is 0.872. The fourth-order valence-corrected chi connectivity index (χ4v) is 3.43. The molecule has 3 rings (SSSR count). The Morgan fingerprint density at radius 2 is 1.80 bits per heavy atom. The maximum Gasteiger partial charge on any atom is 0.0393 e. The molecule has 0 aromatic heterocycles. The van der Waals surface area contributed by atoms with Crippen LogP contribution in [0.4, 0.5) is 0 Å². The minimum absolute atomic E-state index is 0.102. The number of hydrogen-bond donors (Lipinski definition) is 1. The van der Waals surface area contributed by atoms with E-state index in [1.165, 1.54) is 36.0 Å². The van der Waals surface area contributed by atoms with Crippen LogP contribution in [0.5, 0.6) is 0 Å². The molecule has 2 aromatic carbocycles. The summed E-state index contributed by atoms with van der Waals surface area (Å²) in [5.74, 6) is 0. The molecule has 2 N–H and O–H groups in total. The topological polar surface area (TPSA) is 26.0 Å². The Morgan fingerprint density at radius 3 is 2.40 bits per heavy atom. The van der Waals surface area contributed by atoms with Crippen molar-refractivity contribution < 1.29 is 0 Å². The summed E-state index contributed by atoms with van der Waals surface area (Å²) in [6.07, 6.45) is 4.76. The van der Waals surface area contributed by atoms with E-state index >= 15 is 0 Å². The van der Waals surface area contributed by atoms with E-state index in [-0.39, 0.29) is 11.5 Å². The van der Waals surface area contributed by atoms with Gasteiger partial charge in [0.25, 0.3) is 0 Å². The monoisotopic (exact) mass is 265 g/mol. The van der Waals surface area contributed by atoms with Gasteiger partial charge in [0.2, 0.25) is 0 Å². The molecule has 0 amide bonds. The highest BCUT2D eigenvalue weighted by Gasteiger charge is 2.44. The molecule has 0 radical (unpaired) electrons. The molecule has 1 unspecified atom stereocenters. The fraction of sp³-hybridized carbons (Fsp3) is 0.368. The number of aryl methyl sites for hydroxylation is 1. The highest BCUT2D eigenvalue weighted by molar-refractivity contribution is 5.36. The number of rotatable bonds is 4. The molecular formula is C19H23N. The van der Waals surface area contributed by atoms with E-state index in [1.807, 2.05) is 0 Å². The Hall–Kier alpha value is -1.60. The lowest BCUT2D eigenvalue weighted by molar-refractivity contribution is 0.196. The second-order valence-corrected chi connectivity index (χ2v) is 5.95. The van der Waals surface area contributed by atoms with Crippen molar-refractivity contribution in [2.24, 2.45) is 5.73 Å². The largest absolute Gasteiger partial charge is 0.323 e. The van der Waals surface area contributed by atoms with Crippen molar-refractivity contribution in [1.29, 1.82) is 0 Å². The predicted molar refractivity (Wildman–Crippen MR) is 84.7 cm³/mol. The van der Waals surface area contributed by atoms with Crippen molar-refractivity contribution in [2.75, 3.05) is 0 Å². The van der Waals surface area contributed by atoms with E-state index in [1.54, 1.807) is 0 Å². The van der Waals surface area contributed by atoms with Crippen molar-refractivity contribution >= 4 is 0 Å². The van der Waals surface area contributed by atoms with E-state index in [0.717, 1.165) is 6.42 Å². The van der Waals surface area contributed by atoms with Gasteiger partial charge in [-0.2, -0.15) is 0 Å². The number of benzene rings is 2. The van der Waals surface area contributed by atoms with E-state index < -0.39 is 0 Å². The van der Waals surface area contributed by atoms with Gasteiger partial charge in [-0.15, -0.1) is 0 Å². The van der Waals surface area contributed by atoms with Gasteiger partial charge < -0.3 is 5.73 Å². The van der Waals surface area contributed by atoms with E-state index in [0.29, 0.717) is 0 Å². The third-order valence-corrected chi connectivity index (χ3v) is 4.91. The molecule has 0 bridgehead atoms. The van der Waals surface area contributed by atoms with Gasteiger partial charge in [-0.3, -0.25) is 0 Å². The van der Waals surface area contributed by atoms with Gasteiger partial charge in [0.1, 0.15) is 0 Å². The molecule has 1 saturated carbocycles. The van der Waals surface area contributed by atoms with Crippen LogP contribution in [0.1, 0.15) is 48.9 Å². The molecule has 1 atom stereocenters. The predicted octanol–water partition coefficient (Wildman–Crippen LogP) is 4.37. The lowest BCUT2D eigenvalue weighted by Gasteiger charge is -2.47. The molecule has 1 aliphatic rings. The van der Waals surface area contributed by atoms with Gasteiger partial charge in [0.15, 0.2) is 0 Å². The van der Waals surface area contributed by atoms with Crippen LogP contribution in [0, 0.1) is 0 Å². The van der Waals surface area contributed by atoms with Gasteiger partial charge in [0, 0.05) is 11.5 Å². The molecule has 1 heteroatoms. The zero-order valence-corrected chi connectivity index (χ0v) is 12.2. The first-order chi connectivity index (χ1) is 9.76. The highest BCUT2D eigenvalue weighted by atomic mass is 14.7. The molecular weight excluding hydrogens is 242 g/mol. The van der Waals surface area contributed by atoms with Crippen LogP contribution in [0.2, 0.25) is 0 Å². The summed E-state index contributed by atoms with van der Waals surface area (Å²) in [6.45, 7) is 2.20. The Balaban J connectivity index is 1.97. The van der Waals surface area contributed by atoms with Gasteiger partial charge in [0.05, 0.1) is 0 Å². The summed E-state index contributed by atoms with van der Waals surface area (Å²) >= 11 is 0. The minimum atomic E-state index is 0.102. The molecule has 0 spiro atoms. The molecule has 0 saturated heterocycles. The Bertz CT molecular complexity index is 569. The Morgan fingerprint density at radius 1 is 1.05 bits per heavy atom. The molecule has 0 heterocycles. The first kappa shape index (κ1) is 13.4. The summed E-state index contributed by atoms with van der Waals surface area (Å²) in [4.78, 5) is 0. The maximum absolute atomic E-state index is 6.69. The van der Waals surface area contributed by atoms with Crippen molar-refractivity contribution in [3.05, 3.63) is 71.3 Å². The summed E-state index contributed by atoms with van der Waals surface area (Å²) in [5.41, 5.74) is 10.9. The van der Waals surface area contributed by atoms with E-state index in [4.69, 9.17) is 5.73 Å². The van der Waals surface area contributed by atoms with Crippen LogP contribution in [0.3, 0.4) is 0 Å². The molecule has 0 aliphatic heterocycles. The first-order valence-corrected chi connectivity index (χ1v) is 7.66. The van der Waals surface area contributed by atoms with Crippen LogP contribution in [-0.4, -0.2) is 0 Å². The van der Waals surface area contributed by atoms with Gasteiger partial charge in [-0.05, 0) is 36.0 Å². The van der Waals surface area contributed by atoms with Crippen molar-refractivity contribution in [3.8, 4) is 0 Å². The average molecular weight is 265 g/mol. The standard InChI is InChI=1S/C19H23N/c1-2-15-8-6-9-16(14-15)18(20)19(12-7-13-19)17-10-4-3-5-11-17/h3-6,8-11,14,18H,2,7,12-13,20H2,1H3. The fourth-order valence-electron chi connectivity index (χ4n) is 3.43. The highest BCUT2D eigenvalue weighted by Crippen LogP contribution is 2.51. The lowest BCUT2D eigenvalue weighted by Crippen LogP contribution is -2.44. The maximum atomic E-state index is 6.69. The second kappa shape index (κ2) is 5.41. The third kappa shape index (κ3) is 2.16. The zero-order chi connectivity index (χ0) is 14.0. The normalized spacial score (nSPS) is 18.3. The van der Waals surface area contributed by atoms with Crippen LogP contribution >= 0.6 is 0 Å². The number of nitrogens with two attached hydrogens (primary N) is 1. The van der Waals surface area contributed by atoms with Crippen molar-refractivity contribution in [1.82, 2.24) is 0 Å². The molecule has 20 heavy (non-hydrogen) atoms. The molecule has 1 aliphatic carbocycles. The summed E-state index contributed by atoms with van der Waals surface area (Å²) < 4.78 is 0. The summed E-state index contributed by atoms with van der Waals surface area (Å²) in [5, 5.41) is 0. The van der Waals surface area contributed by atoms with Crippen LogP contribution in [0.25, 0.3) is 0 Å². The third-order valence-electron chi connectivity index (χ3n) is 4.91. The summed E-state index contributed by atoms with van der Waals surface area (Å²) in [6, 6.07) is 19.7. The van der Waals surface area contributed by atoms with Gasteiger partial charge in [-0.25, -0.2) is 0 Å². The average Bonchev–Trinajstić information content (AvgIpc) is 2.47. The molecule has 1 fully saturated rings. The Kier molecular flexibility index (Phi) is 3.62. The SMILES string of the molecule is CCc1cccc(C(N)C2(c3ccccc3)CCC2)c1. The second-order valence-electron chi connectivity index (χ2n) is 5.95. The summed E-state index contributed by atoms with van der Waals surface area (Å²) in [7, 11) is 0. The first-order valence-electron chi connectivity index (χ1n) is 7.66. The van der Waals surface area contributed by atoms with Crippen LogP contribution in [-0.2, 0) is 11.8 Å². The molecule has 1 nitrogen and oxygen atoms in total. The molecule has 104 valence electrons. The van der Waals surface area contributed by atoms with Crippen molar-refractivity contribution in [3.63, 3.8) is 0 Å². The zero-order valence-electron chi connectivity index (χ0n) is 12.2. The van der Waals surface area contributed by atoms with Gasteiger partial charge in [-0.1, -0.05) is 67.9 Å². The minimum Gasteiger partial charge on any atom is -0.323 e. The van der Waals surface area contributed by atoms with Crippen LogP contribution in [0.15, 0.2) is 54.6 Å². The lowest BCUT2D eigenvalue weighted by atomic mass is 9.59. The smallest absolute Gasteiger partial charge is 0.0393 e. The molecule has 2 aromatic rings. The van der Waals surface area contributed by atoms with E-state index in [9.17, 15) is 0 Å². The van der Waals surface area contributed by atoms with E-state index in [2.05, 4.69) is 61.5 Å². The van der Waals surface area contributed by atoms with Gasteiger partial charge >= 0.3 is 0 Å². The van der Waals surface area contributed by atoms with Crippen LogP contribution < -0.4 is 5.73 Å². The van der Waals surface area contributed by atoms with Crippen molar-refractivity contribution in [2.45, 2.75) is 44.1 Å². The Labute approximate surface area is 121 Å². The number of hydrogen-bond acceptors (Lipinski definition) is 1.